The van der Waals surface area contributed by atoms with Crippen LogP contribution in [0.4, 0.5) is 0 Å². The average Bonchev–Trinajstić information content (AvgIpc) is 3.14. The summed E-state index contributed by atoms with van der Waals surface area (Å²) in [7, 11) is 0. The van der Waals surface area contributed by atoms with Crippen molar-refractivity contribution >= 4 is 11.0 Å². The monoisotopic (exact) mass is 357 g/mol. The lowest BCUT2D eigenvalue weighted by Crippen LogP contribution is -2.06. The second kappa shape index (κ2) is 12.9. The number of nitrogens with one attached hydrogen (secondary N) is 1. The van der Waals surface area contributed by atoms with E-state index >= 15 is 0 Å². The number of aromatic nitrogens is 3. The van der Waals surface area contributed by atoms with Gasteiger partial charge in [0, 0.05) is 0 Å². The van der Waals surface area contributed by atoms with Gasteiger partial charge in [-0.1, -0.05) is 115 Å². The minimum atomic E-state index is 0.796. The van der Waals surface area contributed by atoms with Gasteiger partial charge < -0.3 is 0 Å². The average molecular weight is 358 g/mol. The van der Waals surface area contributed by atoms with Crippen molar-refractivity contribution in [1.29, 1.82) is 0 Å². The number of H-pyrrole nitrogens is 1. The van der Waals surface area contributed by atoms with Crippen molar-refractivity contribution in [3.63, 3.8) is 0 Å². The molecule has 0 aliphatic heterocycles. The predicted molar refractivity (Wildman–Crippen MR) is 112 cm³/mol. The highest BCUT2D eigenvalue weighted by atomic mass is 15.3. The van der Waals surface area contributed by atoms with Gasteiger partial charge in [0.1, 0.15) is 5.52 Å². The molecule has 0 spiro atoms. The van der Waals surface area contributed by atoms with Crippen LogP contribution >= 0.6 is 0 Å². The highest BCUT2D eigenvalue weighted by Crippen LogP contribution is 2.25. The van der Waals surface area contributed by atoms with E-state index in [0.717, 1.165) is 23.4 Å². The summed E-state index contributed by atoms with van der Waals surface area (Å²) in [5.74, 6) is 0.796. The summed E-state index contributed by atoms with van der Waals surface area (Å²) in [5, 5.41) is 11.3. The molecule has 1 heterocycles. The number of nitrogens with zero attached hydrogens (tertiary/aromatic N) is 2. The maximum atomic E-state index is 4.32. The van der Waals surface area contributed by atoms with Gasteiger partial charge in [0.15, 0.2) is 0 Å². The first-order valence-electron chi connectivity index (χ1n) is 11.1. The molecular formula is C23H39N3. The number of hydrogen-bond donors (Lipinski definition) is 1. The van der Waals surface area contributed by atoms with Crippen LogP contribution in [-0.2, 0) is 6.42 Å². The molecule has 0 radical (unpaired) electrons. The molecule has 2 rings (SSSR count). The van der Waals surface area contributed by atoms with Crippen LogP contribution in [0, 0.1) is 5.92 Å². The van der Waals surface area contributed by atoms with E-state index in [0.29, 0.717) is 0 Å². The van der Waals surface area contributed by atoms with E-state index < -0.39 is 0 Å². The first kappa shape index (κ1) is 20.9. The summed E-state index contributed by atoms with van der Waals surface area (Å²) in [6.45, 7) is 4.58. The Morgan fingerprint density at radius 3 is 2.08 bits per heavy atom. The van der Waals surface area contributed by atoms with Gasteiger partial charge in [-0.25, -0.2) is 0 Å². The lowest BCUT2D eigenvalue weighted by molar-refractivity contribution is 0.402. The largest absolute Gasteiger partial charge is 0.258 e. The van der Waals surface area contributed by atoms with E-state index in [4.69, 9.17) is 0 Å². The normalized spacial score (nSPS) is 12.7. The fourth-order valence-electron chi connectivity index (χ4n) is 4.00. The molecule has 146 valence electrons. The molecule has 0 amide bonds. The van der Waals surface area contributed by atoms with Crippen molar-refractivity contribution in [3.8, 4) is 0 Å². The van der Waals surface area contributed by atoms with Crippen molar-refractivity contribution in [2.45, 2.75) is 104 Å². The molecule has 0 saturated carbocycles. The zero-order valence-electron chi connectivity index (χ0n) is 17.1. The highest BCUT2D eigenvalue weighted by molar-refractivity contribution is 5.77. The van der Waals surface area contributed by atoms with Crippen molar-refractivity contribution in [2.75, 3.05) is 0 Å². The van der Waals surface area contributed by atoms with Gasteiger partial charge >= 0.3 is 0 Å². The SMILES string of the molecule is CCCCCCCCC(CCCCCCC)Cc1cccc2[nH]nnc12. The Balaban J connectivity index is 1.84. The van der Waals surface area contributed by atoms with Gasteiger partial charge in [0.2, 0.25) is 0 Å². The Bertz CT molecular complexity index is 590. The lowest BCUT2D eigenvalue weighted by atomic mass is 9.88. The summed E-state index contributed by atoms with van der Waals surface area (Å²) in [5.41, 5.74) is 3.52. The molecule has 3 nitrogen and oxygen atoms in total. The summed E-state index contributed by atoms with van der Waals surface area (Å²) in [6.07, 6.45) is 19.1. The number of benzene rings is 1. The molecule has 2 aromatic rings. The van der Waals surface area contributed by atoms with Gasteiger partial charge in [-0.15, -0.1) is 5.10 Å². The van der Waals surface area contributed by atoms with E-state index in [1.54, 1.807) is 0 Å². The van der Waals surface area contributed by atoms with Crippen LogP contribution in [-0.4, -0.2) is 15.4 Å². The van der Waals surface area contributed by atoms with Crippen LogP contribution in [0.2, 0.25) is 0 Å². The van der Waals surface area contributed by atoms with E-state index in [-0.39, 0.29) is 0 Å². The van der Waals surface area contributed by atoms with E-state index in [1.165, 1.54) is 89.0 Å². The summed E-state index contributed by atoms with van der Waals surface area (Å²) in [6, 6.07) is 6.46. The van der Waals surface area contributed by atoms with Crippen LogP contribution in [0.3, 0.4) is 0 Å². The summed E-state index contributed by atoms with van der Waals surface area (Å²) < 4.78 is 0. The Morgan fingerprint density at radius 1 is 0.808 bits per heavy atom. The molecule has 3 heteroatoms. The third-order valence-electron chi connectivity index (χ3n) is 5.63. The van der Waals surface area contributed by atoms with Crippen molar-refractivity contribution in [2.24, 2.45) is 5.92 Å². The van der Waals surface area contributed by atoms with Crippen molar-refractivity contribution in [1.82, 2.24) is 15.4 Å². The van der Waals surface area contributed by atoms with E-state index in [1.807, 2.05) is 0 Å². The Labute approximate surface area is 160 Å². The maximum Gasteiger partial charge on any atom is 0.116 e. The number of fused-ring (bicyclic) bond motifs is 1. The number of rotatable bonds is 15. The minimum absolute atomic E-state index is 0.796. The van der Waals surface area contributed by atoms with Crippen molar-refractivity contribution < 1.29 is 0 Å². The summed E-state index contributed by atoms with van der Waals surface area (Å²) in [4.78, 5) is 0. The Kier molecular flexibility index (Phi) is 10.4. The third kappa shape index (κ3) is 7.47. The van der Waals surface area contributed by atoms with Crippen LogP contribution in [0.15, 0.2) is 18.2 Å². The second-order valence-electron chi connectivity index (χ2n) is 7.95. The molecule has 0 fully saturated rings. The molecule has 0 saturated heterocycles. The standard InChI is InChI=1S/C23H39N3/c1-3-5-7-9-11-13-16-20(15-12-10-8-6-4-2)19-21-17-14-18-22-23(21)25-26-24-22/h14,17-18,20H,3-13,15-16,19H2,1-2H3,(H,24,25,26). The molecule has 1 unspecified atom stereocenters. The predicted octanol–water partition coefficient (Wildman–Crippen LogP) is 7.23. The molecule has 1 aromatic heterocycles. The van der Waals surface area contributed by atoms with E-state index in [9.17, 15) is 0 Å². The molecule has 1 atom stereocenters. The lowest BCUT2D eigenvalue weighted by Gasteiger charge is -2.17. The first-order chi connectivity index (χ1) is 12.8. The molecular weight excluding hydrogens is 318 g/mol. The molecule has 0 bridgehead atoms. The zero-order valence-corrected chi connectivity index (χ0v) is 17.1. The third-order valence-corrected chi connectivity index (χ3v) is 5.63. The Morgan fingerprint density at radius 2 is 1.42 bits per heavy atom. The molecule has 1 aromatic carbocycles. The van der Waals surface area contributed by atoms with Crippen molar-refractivity contribution in [3.05, 3.63) is 23.8 Å². The van der Waals surface area contributed by atoms with Gasteiger partial charge in [-0.3, -0.25) is 5.10 Å². The molecule has 26 heavy (non-hydrogen) atoms. The minimum Gasteiger partial charge on any atom is -0.258 e. The fourth-order valence-corrected chi connectivity index (χ4v) is 4.00. The van der Waals surface area contributed by atoms with Gasteiger partial charge in [-0.05, 0) is 24.0 Å². The smallest absolute Gasteiger partial charge is 0.116 e. The number of hydrogen-bond acceptors (Lipinski definition) is 2. The Hall–Kier alpha value is -1.38. The fraction of sp³-hybridized carbons (Fsp3) is 0.739. The quantitative estimate of drug-likeness (QED) is 0.342. The molecule has 1 N–H and O–H groups in total. The van der Waals surface area contributed by atoms with Crippen LogP contribution in [0.1, 0.15) is 103 Å². The van der Waals surface area contributed by atoms with Gasteiger partial charge in [-0.2, -0.15) is 0 Å². The number of unbranched alkanes of at least 4 members (excludes halogenated alkanes) is 9. The van der Waals surface area contributed by atoms with Gasteiger partial charge in [0.05, 0.1) is 5.52 Å². The summed E-state index contributed by atoms with van der Waals surface area (Å²) >= 11 is 0. The van der Waals surface area contributed by atoms with Gasteiger partial charge in [0.25, 0.3) is 0 Å². The molecule has 0 aliphatic carbocycles. The van der Waals surface area contributed by atoms with Crippen LogP contribution < -0.4 is 0 Å². The van der Waals surface area contributed by atoms with Crippen LogP contribution in [0.25, 0.3) is 11.0 Å². The molecule has 0 aliphatic rings. The first-order valence-corrected chi connectivity index (χ1v) is 11.1. The second-order valence-corrected chi connectivity index (χ2v) is 7.95. The number of aromatic amines is 1. The van der Waals surface area contributed by atoms with Crippen LogP contribution in [0.5, 0.6) is 0 Å². The highest BCUT2D eigenvalue weighted by Gasteiger charge is 2.13. The topological polar surface area (TPSA) is 41.6 Å². The zero-order chi connectivity index (χ0) is 18.5. The maximum absolute atomic E-state index is 4.32. The van der Waals surface area contributed by atoms with E-state index in [2.05, 4.69) is 47.5 Å².